The van der Waals surface area contributed by atoms with Gasteiger partial charge in [0, 0.05) is 51.5 Å². The van der Waals surface area contributed by atoms with Crippen LogP contribution in [0.1, 0.15) is 70.4 Å². The lowest BCUT2D eigenvalue weighted by atomic mass is 9.63. The highest BCUT2D eigenvalue weighted by molar-refractivity contribution is 9.10. The largest absolute Gasteiger partial charge is 0.317 e. The van der Waals surface area contributed by atoms with Gasteiger partial charge in [-0.15, -0.1) is 0 Å². The quantitative estimate of drug-likeness (QED) is 0.410. The Bertz CT molecular complexity index is 1190. The average molecular weight is 518 g/mol. The summed E-state index contributed by atoms with van der Waals surface area (Å²) in [4.78, 5) is 29.9. The van der Waals surface area contributed by atoms with E-state index in [0.717, 1.165) is 51.1 Å². The molecule has 0 amide bonds. The molecule has 0 aromatic heterocycles. The fourth-order valence-electron chi connectivity index (χ4n) is 5.96. The molecule has 0 spiro atoms. The zero-order chi connectivity index (χ0) is 24.4. The standard InChI is InChI=1S/C30H32BrNO2/c1-18-6-12-21(13-7-18)32-22-14-29(2,3)16-24(33)27(22)26(19-8-10-20(31)11-9-19)28-23(32)15-30(4,5)17-25(28)34/h6-13,26H,14-17H2,1-5H3. The molecule has 0 fully saturated rings. The Hall–Kier alpha value is -2.46. The van der Waals surface area contributed by atoms with Crippen LogP contribution in [-0.4, -0.2) is 11.6 Å². The van der Waals surface area contributed by atoms with Crippen molar-refractivity contribution in [3.05, 3.63) is 86.7 Å². The van der Waals surface area contributed by atoms with Crippen LogP contribution in [-0.2, 0) is 9.59 Å². The number of nitrogens with zero attached hydrogens (tertiary/aromatic N) is 1. The van der Waals surface area contributed by atoms with Crippen molar-refractivity contribution < 1.29 is 9.59 Å². The first-order valence-corrected chi connectivity index (χ1v) is 12.9. The molecule has 1 aliphatic heterocycles. The maximum Gasteiger partial charge on any atom is 0.162 e. The van der Waals surface area contributed by atoms with Crippen LogP contribution in [0.4, 0.5) is 5.69 Å². The van der Waals surface area contributed by atoms with E-state index < -0.39 is 0 Å². The lowest BCUT2D eigenvalue weighted by molar-refractivity contribution is -0.119. The summed E-state index contributed by atoms with van der Waals surface area (Å²) in [5.74, 6) is 0.0351. The number of Topliss-reactive ketones (excluding diaryl/α,β-unsaturated/α-hetero) is 2. The van der Waals surface area contributed by atoms with Crippen molar-refractivity contribution in [2.45, 2.75) is 66.2 Å². The van der Waals surface area contributed by atoms with Crippen molar-refractivity contribution in [2.75, 3.05) is 4.90 Å². The predicted octanol–water partition coefficient (Wildman–Crippen LogP) is 7.65. The van der Waals surface area contributed by atoms with Crippen LogP contribution < -0.4 is 4.90 Å². The third-order valence-corrected chi connectivity index (χ3v) is 7.93. The van der Waals surface area contributed by atoms with E-state index in [1.165, 1.54) is 5.56 Å². The first-order valence-electron chi connectivity index (χ1n) is 12.1. The average Bonchev–Trinajstić information content (AvgIpc) is 2.72. The molecule has 0 saturated heterocycles. The molecular weight excluding hydrogens is 486 g/mol. The number of hydrogen-bond donors (Lipinski definition) is 0. The van der Waals surface area contributed by atoms with Crippen LogP contribution in [0.15, 0.2) is 75.5 Å². The Labute approximate surface area is 211 Å². The van der Waals surface area contributed by atoms with Gasteiger partial charge in [-0.3, -0.25) is 9.59 Å². The van der Waals surface area contributed by atoms with E-state index in [2.05, 4.69) is 91.8 Å². The molecule has 3 nitrogen and oxygen atoms in total. The number of halogens is 1. The molecule has 4 heteroatoms. The number of benzene rings is 2. The van der Waals surface area contributed by atoms with E-state index in [1.807, 2.05) is 12.1 Å². The van der Waals surface area contributed by atoms with Gasteiger partial charge in [0.2, 0.25) is 0 Å². The number of hydrogen-bond acceptors (Lipinski definition) is 3. The third-order valence-electron chi connectivity index (χ3n) is 7.41. The summed E-state index contributed by atoms with van der Waals surface area (Å²) in [5.41, 5.74) is 6.76. The van der Waals surface area contributed by atoms with Crippen LogP contribution in [0, 0.1) is 17.8 Å². The van der Waals surface area contributed by atoms with Gasteiger partial charge in [-0.25, -0.2) is 0 Å². The molecule has 1 heterocycles. The number of allylic oxidation sites excluding steroid dienone is 4. The monoisotopic (exact) mass is 517 g/mol. The van der Waals surface area contributed by atoms with Gasteiger partial charge >= 0.3 is 0 Å². The summed E-state index contributed by atoms with van der Waals surface area (Å²) in [6.07, 6.45) is 2.62. The van der Waals surface area contributed by atoms with Crippen molar-refractivity contribution in [1.29, 1.82) is 0 Å². The maximum atomic E-state index is 13.8. The molecule has 5 rings (SSSR count). The zero-order valence-electron chi connectivity index (χ0n) is 20.7. The highest BCUT2D eigenvalue weighted by Gasteiger charge is 2.49. The Morgan fingerprint density at radius 1 is 0.735 bits per heavy atom. The van der Waals surface area contributed by atoms with Crippen molar-refractivity contribution >= 4 is 33.2 Å². The molecule has 0 N–H and O–H groups in total. The Balaban J connectivity index is 1.82. The summed E-state index contributed by atoms with van der Waals surface area (Å²) in [6, 6.07) is 16.6. The lowest BCUT2D eigenvalue weighted by Crippen LogP contribution is -2.44. The van der Waals surface area contributed by atoms with Crippen molar-refractivity contribution in [2.24, 2.45) is 10.8 Å². The second-order valence-corrected chi connectivity index (χ2v) is 12.7. The lowest BCUT2D eigenvalue weighted by Gasteiger charge is -2.49. The van der Waals surface area contributed by atoms with Crippen molar-refractivity contribution in [3.8, 4) is 0 Å². The summed E-state index contributed by atoms with van der Waals surface area (Å²) < 4.78 is 0.990. The number of ketones is 2. The van der Waals surface area contributed by atoms with Gasteiger partial charge < -0.3 is 4.90 Å². The molecule has 2 aromatic rings. The Morgan fingerprint density at radius 2 is 1.21 bits per heavy atom. The predicted molar refractivity (Wildman–Crippen MR) is 141 cm³/mol. The molecule has 0 saturated carbocycles. The Morgan fingerprint density at radius 3 is 1.68 bits per heavy atom. The van der Waals surface area contributed by atoms with E-state index >= 15 is 0 Å². The van der Waals surface area contributed by atoms with E-state index in [-0.39, 0.29) is 28.3 Å². The van der Waals surface area contributed by atoms with Crippen molar-refractivity contribution in [3.63, 3.8) is 0 Å². The molecule has 0 unspecified atom stereocenters. The molecule has 3 aliphatic rings. The van der Waals surface area contributed by atoms with Crippen LogP contribution >= 0.6 is 15.9 Å². The van der Waals surface area contributed by atoms with Crippen LogP contribution in [0.3, 0.4) is 0 Å². The first kappa shape index (κ1) is 23.3. The molecule has 34 heavy (non-hydrogen) atoms. The highest BCUT2D eigenvalue weighted by atomic mass is 79.9. The van der Waals surface area contributed by atoms with E-state index in [4.69, 9.17) is 0 Å². The topological polar surface area (TPSA) is 37.4 Å². The zero-order valence-corrected chi connectivity index (χ0v) is 22.3. The number of anilines is 1. The van der Waals surface area contributed by atoms with Crippen molar-refractivity contribution in [1.82, 2.24) is 0 Å². The van der Waals surface area contributed by atoms with Gasteiger partial charge in [0.1, 0.15) is 0 Å². The molecule has 176 valence electrons. The number of carbonyl (C=O) groups excluding carboxylic acids is 2. The normalized spacial score (nSPS) is 22.1. The van der Waals surface area contributed by atoms with Gasteiger partial charge in [0.25, 0.3) is 0 Å². The van der Waals surface area contributed by atoms with Gasteiger partial charge in [-0.05, 0) is 60.4 Å². The fraction of sp³-hybridized carbons (Fsp3) is 0.400. The summed E-state index contributed by atoms with van der Waals surface area (Å²) in [5, 5.41) is 0. The number of carbonyl (C=O) groups is 2. The van der Waals surface area contributed by atoms with Gasteiger partial charge in [0.15, 0.2) is 11.6 Å². The minimum Gasteiger partial charge on any atom is -0.317 e. The molecular formula is C30H32BrNO2. The maximum absolute atomic E-state index is 13.8. The molecule has 2 aliphatic carbocycles. The summed E-state index contributed by atoms with van der Waals surface area (Å²) in [7, 11) is 0. The molecule has 0 atom stereocenters. The minimum atomic E-state index is -0.299. The molecule has 0 radical (unpaired) electrons. The van der Waals surface area contributed by atoms with Crippen LogP contribution in [0.5, 0.6) is 0 Å². The highest BCUT2D eigenvalue weighted by Crippen LogP contribution is 2.55. The number of rotatable bonds is 2. The first-order chi connectivity index (χ1) is 16.0. The summed E-state index contributed by atoms with van der Waals surface area (Å²) in [6.45, 7) is 10.8. The minimum absolute atomic E-state index is 0.130. The van der Waals surface area contributed by atoms with Crippen LogP contribution in [0.25, 0.3) is 0 Å². The third kappa shape index (κ3) is 4.00. The van der Waals surface area contributed by atoms with E-state index in [9.17, 15) is 9.59 Å². The SMILES string of the molecule is Cc1ccc(N2C3=C(C(=O)CC(C)(C)C3)C(c3ccc(Br)cc3)C3=C2CC(C)(C)CC3=O)cc1. The van der Waals surface area contributed by atoms with Gasteiger partial charge in [-0.2, -0.15) is 0 Å². The Kier molecular flexibility index (Phi) is 5.51. The van der Waals surface area contributed by atoms with Gasteiger partial charge in [0.05, 0.1) is 0 Å². The van der Waals surface area contributed by atoms with Crippen LogP contribution in [0.2, 0.25) is 0 Å². The second-order valence-electron chi connectivity index (χ2n) is 11.8. The fourth-order valence-corrected chi connectivity index (χ4v) is 6.22. The summed E-state index contributed by atoms with van der Waals surface area (Å²) >= 11 is 3.54. The van der Waals surface area contributed by atoms with Gasteiger partial charge in [-0.1, -0.05) is 73.5 Å². The van der Waals surface area contributed by atoms with E-state index in [1.54, 1.807) is 0 Å². The molecule has 0 bridgehead atoms. The number of aryl methyl sites for hydroxylation is 1. The molecule has 2 aromatic carbocycles. The smallest absolute Gasteiger partial charge is 0.162 e. The second kappa shape index (κ2) is 8.05. The van der Waals surface area contributed by atoms with E-state index in [0.29, 0.717) is 12.8 Å².